The van der Waals surface area contributed by atoms with E-state index in [0.29, 0.717) is 22.9 Å². The first kappa shape index (κ1) is 21.2. The van der Waals surface area contributed by atoms with E-state index in [9.17, 15) is 14.4 Å². The number of ketones is 1. The molecule has 8 nitrogen and oxygen atoms in total. The van der Waals surface area contributed by atoms with E-state index in [0.717, 1.165) is 0 Å². The third-order valence-corrected chi connectivity index (χ3v) is 4.89. The van der Waals surface area contributed by atoms with E-state index >= 15 is 0 Å². The molecule has 1 heterocycles. The molecule has 0 bridgehead atoms. The molecule has 3 rings (SSSR count). The van der Waals surface area contributed by atoms with Crippen LogP contribution in [0.3, 0.4) is 0 Å². The van der Waals surface area contributed by atoms with Crippen LogP contribution in [0.5, 0.6) is 17.2 Å². The Labute approximate surface area is 174 Å². The highest BCUT2D eigenvalue weighted by Gasteiger charge is 2.37. The second-order valence-corrected chi connectivity index (χ2v) is 6.67. The Bertz CT molecular complexity index is 956. The van der Waals surface area contributed by atoms with Gasteiger partial charge < -0.3 is 23.8 Å². The van der Waals surface area contributed by atoms with Crippen molar-refractivity contribution >= 4 is 23.3 Å². The van der Waals surface area contributed by atoms with Crippen LogP contribution in [0.15, 0.2) is 42.5 Å². The van der Waals surface area contributed by atoms with Crippen LogP contribution in [-0.4, -0.2) is 52.1 Å². The van der Waals surface area contributed by atoms with E-state index in [-0.39, 0.29) is 24.4 Å². The van der Waals surface area contributed by atoms with Gasteiger partial charge in [-0.15, -0.1) is 0 Å². The van der Waals surface area contributed by atoms with Crippen LogP contribution < -0.4 is 19.1 Å². The smallest absolute Gasteiger partial charge is 0.311 e. The lowest BCUT2D eigenvalue weighted by atomic mass is 10.1. The minimum absolute atomic E-state index is 0.00749. The first-order valence-electron chi connectivity index (χ1n) is 9.33. The molecule has 2 aromatic carbocycles. The van der Waals surface area contributed by atoms with Gasteiger partial charge >= 0.3 is 5.97 Å². The van der Waals surface area contributed by atoms with E-state index in [2.05, 4.69) is 0 Å². The zero-order valence-electron chi connectivity index (χ0n) is 17.0. The third kappa shape index (κ3) is 4.37. The van der Waals surface area contributed by atoms with Gasteiger partial charge in [-0.1, -0.05) is 12.1 Å². The minimum Gasteiger partial charge on any atom is -0.497 e. The van der Waals surface area contributed by atoms with Crippen LogP contribution >= 0.6 is 0 Å². The number of nitrogens with zero attached hydrogens (tertiary/aromatic N) is 1. The number of carbonyl (C=O) groups is 3. The summed E-state index contributed by atoms with van der Waals surface area (Å²) in [6, 6.07) is 11.9. The maximum Gasteiger partial charge on any atom is 0.311 e. The molecule has 0 radical (unpaired) electrons. The average Bonchev–Trinajstić information content (AvgIpc) is 3.18. The van der Waals surface area contributed by atoms with E-state index in [4.69, 9.17) is 18.9 Å². The Morgan fingerprint density at radius 1 is 1.00 bits per heavy atom. The molecule has 8 heteroatoms. The van der Waals surface area contributed by atoms with E-state index in [1.807, 2.05) is 0 Å². The van der Waals surface area contributed by atoms with Crippen molar-refractivity contribution in [1.29, 1.82) is 0 Å². The average molecular weight is 413 g/mol. The number of rotatable bonds is 8. The number of amides is 1. The maximum absolute atomic E-state index is 12.5. The predicted molar refractivity (Wildman–Crippen MR) is 108 cm³/mol. The number of anilines is 1. The Balaban J connectivity index is 1.65. The summed E-state index contributed by atoms with van der Waals surface area (Å²) in [5.41, 5.74) is 0.847. The number of ether oxygens (including phenoxy) is 4. The van der Waals surface area contributed by atoms with Gasteiger partial charge in [-0.05, 0) is 30.3 Å². The van der Waals surface area contributed by atoms with Crippen LogP contribution in [0, 0.1) is 5.92 Å². The molecule has 158 valence electrons. The highest BCUT2D eigenvalue weighted by Crippen LogP contribution is 2.33. The van der Waals surface area contributed by atoms with Crippen LogP contribution in [0.25, 0.3) is 0 Å². The number of methoxy groups -OCH3 is 3. The summed E-state index contributed by atoms with van der Waals surface area (Å²) >= 11 is 0. The number of benzene rings is 2. The van der Waals surface area contributed by atoms with Crippen LogP contribution in [0.2, 0.25) is 0 Å². The molecule has 1 aliphatic heterocycles. The number of hydrogen-bond acceptors (Lipinski definition) is 7. The van der Waals surface area contributed by atoms with Gasteiger partial charge in [0.15, 0.2) is 6.61 Å². The Morgan fingerprint density at radius 3 is 2.43 bits per heavy atom. The molecule has 0 spiro atoms. The number of Topliss-reactive ketones (excluding diaryl/α,β-unsaturated/α-hetero) is 1. The fourth-order valence-corrected chi connectivity index (χ4v) is 3.32. The molecular formula is C22H23NO7. The molecular weight excluding hydrogens is 390 g/mol. The fraction of sp³-hybridized carbons (Fsp3) is 0.318. The largest absolute Gasteiger partial charge is 0.497 e. The molecule has 1 amide bonds. The van der Waals surface area contributed by atoms with E-state index in [1.165, 1.54) is 32.3 Å². The highest BCUT2D eigenvalue weighted by atomic mass is 16.5. The fourth-order valence-electron chi connectivity index (χ4n) is 3.32. The Hall–Kier alpha value is -3.55. The highest BCUT2D eigenvalue weighted by molar-refractivity contribution is 6.02. The number of carbonyl (C=O) groups excluding carboxylic acids is 3. The summed E-state index contributed by atoms with van der Waals surface area (Å²) in [6.07, 6.45) is 0.00749. The lowest BCUT2D eigenvalue weighted by Gasteiger charge is -2.19. The number of esters is 1. The van der Waals surface area contributed by atoms with Gasteiger partial charge in [0, 0.05) is 13.0 Å². The zero-order chi connectivity index (χ0) is 21.7. The predicted octanol–water partition coefficient (Wildman–Crippen LogP) is 2.49. The van der Waals surface area contributed by atoms with Crippen molar-refractivity contribution in [1.82, 2.24) is 0 Å². The van der Waals surface area contributed by atoms with Gasteiger partial charge in [-0.2, -0.15) is 0 Å². The maximum atomic E-state index is 12.5. The molecule has 0 unspecified atom stereocenters. The van der Waals surface area contributed by atoms with Gasteiger partial charge in [-0.3, -0.25) is 14.4 Å². The molecule has 0 aromatic heterocycles. The molecule has 0 aliphatic carbocycles. The SMILES string of the molecule is COc1ccc(OC)c(C(=O)COC(=O)[C@H]2CC(=O)N(c3ccccc3OC)C2)c1. The third-order valence-electron chi connectivity index (χ3n) is 4.89. The summed E-state index contributed by atoms with van der Waals surface area (Å²) in [7, 11) is 4.45. The van der Waals surface area contributed by atoms with Crippen molar-refractivity contribution in [3.63, 3.8) is 0 Å². The first-order valence-corrected chi connectivity index (χ1v) is 9.33. The van der Waals surface area contributed by atoms with Crippen LogP contribution in [-0.2, 0) is 14.3 Å². The second-order valence-electron chi connectivity index (χ2n) is 6.67. The van der Waals surface area contributed by atoms with E-state index in [1.54, 1.807) is 36.4 Å². The lowest BCUT2D eigenvalue weighted by molar-refractivity contribution is -0.147. The van der Waals surface area contributed by atoms with Crippen molar-refractivity contribution in [2.24, 2.45) is 5.92 Å². The summed E-state index contributed by atoms with van der Waals surface area (Å²) < 4.78 is 20.8. The Morgan fingerprint density at radius 2 is 1.73 bits per heavy atom. The lowest BCUT2D eigenvalue weighted by Crippen LogP contribution is -2.27. The summed E-state index contributed by atoms with van der Waals surface area (Å²) in [4.78, 5) is 39.0. The minimum atomic E-state index is -0.664. The summed E-state index contributed by atoms with van der Waals surface area (Å²) in [5.74, 6) is -0.514. The van der Waals surface area contributed by atoms with Crippen LogP contribution in [0.4, 0.5) is 5.69 Å². The molecule has 1 aliphatic rings. The molecule has 2 aromatic rings. The molecule has 0 saturated carbocycles. The summed E-state index contributed by atoms with van der Waals surface area (Å²) in [6.45, 7) is -0.295. The first-order chi connectivity index (χ1) is 14.5. The van der Waals surface area contributed by atoms with Gasteiger partial charge in [0.25, 0.3) is 0 Å². The normalized spacial score (nSPS) is 15.6. The zero-order valence-corrected chi connectivity index (χ0v) is 17.0. The van der Waals surface area contributed by atoms with Crippen molar-refractivity contribution in [2.75, 3.05) is 39.4 Å². The molecule has 30 heavy (non-hydrogen) atoms. The number of para-hydroxylation sites is 2. The van der Waals surface area contributed by atoms with Crippen LogP contribution in [0.1, 0.15) is 16.8 Å². The number of hydrogen-bond donors (Lipinski definition) is 0. The molecule has 1 fully saturated rings. The molecule has 0 N–H and O–H groups in total. The van der Waals surface area contributed by atoms with Gasteiger partial charge in [0.05, 0.1) is 38.5 Å². The topological polar surface area (TPSA) is 91.4 Å². The standard InChI is InChI=1S/C22H23NO7/c1-27-15-8-9-19(28-2)16(11-15)18(24)13-30-22(26)14-10-21(25)23(12-14)17-6-4-5-7-20(17)29-3/h4-9,11,14H,10,12-13H2,1-3H3/t14-/m0/s1. The van der Waals surface area contributed by atoms with Gasteiger partial charge in [0.2, 0.25) is 11.7 Å². The second kappa shape index (κ2) is 9.30. The van der Waals surface area contributed by atoms with Crippen molar-refractivity contribution in [3.05, 3.63) is 48.0 Å². The quantitative estimate of drug-likeness (QED) is 0.485. The van der Waals surface area contributed by atoms with Crippen molar-refractivity contribution in [3.8, 4) is 17.2 Å². The Kier molecular flexibility index (Phi) is 6.56. The summed E-state index contributed by atoms with van der Waals surface area (Å²) in [5, 5.41) is 0. The van der Waals surface area contributed by atoms with Crippen molar-refractivity contribution < 1.29 is 33.3 Å². The molecule has 1 atom stereocenters. The van der Waals surface area contributed by atoms with Gasteiger partial charge in [-0.25, -0.2) is 0 Å². The molecule has 1 saturated heterocycles. The van der Waals surface area contributed by atoms with Gasteiger partial charge in [0.1, 0.15) is 17.2 Å². The van der Waals surface area contributed by atoms with E-state index < -0.39 is 24.3 Å². The van der Waals surface area contributed by atoms with Crippen molar-refractivity contribution in [2.45, 2.75) is 6.42 Å². The monoisotopic (exact) mass is 413 g/mol.